The molecule has 1 saturated heterocycles. The Morgan fingerprint density at radius 3 is 3.09 bits per heavy atom. The number of Topliss-reactive ketones (excluding diaryl/α,β-unsaturated/α-hetero) is 1. The van der Waals surface area contributed by atoms with Crippen molar-refractivity contribution < 1.29 is 4.79 Å². The Hall–Kier alpha value is -0.370. The van der Waals surface area contributed by atoms with Crippen LogP contribution in [0, 0.1) is 11.8 Å². The van der Waals surface area contributed by atoms with Gasteiger partial charge in [0.2, 0.25) is 0 Å². The maximum Gasteiger partial charge on any atom is 0.137 e. The number of fused-ring (bicyclic) bond motifs is 2. The molecule has 1 aliphatic heterocycles. The molecule has 11 heavy (non-hydrogen) atoms. The zero-order valence-electron chi connectivity index (χ0n) is 7.05. The fourth-order valence-corrected chi connectivity index (χ4v) is 2.44. The molecule has 2 unspecified atom stereocenters. The molecular formula is C9H15NO. The van der Waals surface area contributed by atoms with Gasteiger partial charge in [-0.05, 0) is 25.8 Å². The molecule has 2 atom stereocenters. The van der Waals surface area contributed by atoms with E-state index in [2.05, 4.69) is 11.9 Å². The van der Waals surface area contributed by atoms with Crippen LogP contribution in [0.5, 0.6) is 0 Å². The minimum absolute atomic E-state index is 0.382. The summed E-state index contributed by atoms with van der Waals surface area (Å²) in [7, 11) is 2.12. The molecule has 2 fully saturated rings. The molecule has 0 aromatic rings. The first-order valence-electron chi connectivity index (χ1n) is 4.47. The number of hydrogen-bond acceptors (Lipinski definition) is 2. The second-order valence-corrected chi connectivity index (χ2v) is 4.02. The van der Waals surface area contributed by atoms with Crippen molar-refractivity contribution in [2.75, 3.05) is 20.1 Å². The molecule has 0 aromatic carbocycles. The molecule has 0 spiro atoms. The highest BCUT2D eigenvalue weighted by Crippen LogP contribution is 2.31. The zero-order chi connectivity index (χ0) is 7.84. The highest BCUT2D eigenvalue weighted by Gasteiger charge is 2.33. The normalized spacial score (nSPS) is 39.2. The Labute approximate surface area is 67.6 Å². The minimum atomic E-state index is 0.382. The summed E-state index contributed by atoms with van der Waals surface area (Å²) in [6, 6.07) is 0. The van der Waals surface area contributed by atoms with E-state index in [0.29, 0.717) is 11.7 Å². The second kappa shape index (κ2) is 2.59. The van der Waals surface area contributed by atoms with Gasteiger partial charge < -0.3 is 4.90 Å². The topological polar surface area (TPSA) is 20.3 Å². The van der Waals surface area contributed by atoms with Gasteiger partial charge in [-0.2, -0.15) is 0 Å². The van der Waals surface area contributed by atoms with Crippen LogP contribution >= 0.6 is 0 Å². The van der Waals surface area contributed by atoms with Crippen molar-refractivity contribution in [3.8, 4) is 0 Å². The maximum absolute atomic E-state index is 11.3. The van der Waals surface area contributed by atoms with Gasteiger partial charge in [0.05, 0.1) is 0 Å². The van der Waals surface area contributed by atoms with E-state index in [4.69, 9.17) is 0 Å². The maximum atomic E-state index is 11.3. The van der Waals surface area contributed by atoms with E-state index in [9.17, 15) is 4.79 Å². The Morgan fingerprint density at radius 2 is 2.27 bits per heavy atom. The number of nitrogens with zero attached hydrogens (tertiary/aromatic N) is 1. The number of ketones is 1. The van der Waals surface area contributed by atoms with Crippen LogP contribution in [0.2, 0.25) is 0 Å². The van der Waals surface area contributed by atoms with Gasteiger partial charge in [-0.15, -0.1) is 0 Å². The van der Waals surface area contributed by atoms with Crippen LogP contribution in [0.3, 0.4) is 0 Å². The summed E-state index contributed by atoms with van der Waals surface area (Å²) < 4.78 is 0. The Morgan fingerprint density at radius 1 is 1.45 bits per heavy atom. The van der Waals surface area contributed by atoms with E-state index in [0.717, 1.165) is 25.3 Å². The number of carbonyl (C=O) groups is 1. The van der Waals surface area contributed by atoms with E-state index >= 15 is 0 Å². The number of likely N-dealkylation sites (tertiary alicyclic amines) is 1. The Kier molecular flexibility index (Phi) is 1.72. The summed E-state index contributed by atoms with van der Waals surface area (Å²) in [6.45, 7) is 2.22. The third kappa shape index (κ3) is 1.32. The van der Waals surface area contributed by atoms with Crippen molar-refractivity contribution in [3.63, 3.8) is 0 Å². The number of rotatable bonds is 0. The van der Waals surface area contributed by atoms with Crippen LogP contribution in [0.4, 0.5) is 0 Å². The average molecular weight is 153 g/mol. The molecule has 1 aliphatic carbocycles. The molecule has 2 rings (SSSR count). The molecule has 1 saturated carbocycles. The van der Waals surface area contributed by atoms with Crippen molar-refractivity contribution >= 4 is 5.78 Å². The number of hydrogen-bond donors (Lipinski definition) is 0. The van der Waals surface area contributed by atoms with Crippen molar-refractivity contribution in [2.45, 2.75) is 19.3 Å². The lowest BCUT2D eigenvalue weighted by Gasteiger charge is -2.38. The summed E-state index contributed by atoms with van der Waals surface area (Å²) in [6.07, 6.45) is 3.16. The lowest BCUT2D eigenvalue weighted by molar-refractivity contribution is -0.128. The first-order valence-corrected chi connectivity index (χ1v) is 4.47. The van der Waals surface area contributed by atoms with Crippen molar-refractivity contribution in [1.82, 2.24) is 4.90 Å². The Balaban J connectivity index is 2.08. The zero-order valence-corrected chi connectivity index (χ0v) is 7.05. The fourth-order valence-electron chi connectivity index (χ4n) is 2.44. The molecule has 2 bridgehead atoms. The summed E-state index contributed by atoms with van der Waals surface area (Å²) in [5.41, 5.74) is 0. The van der Waals surface area contributed by atoms with Gasteiger partial charge in [0.25, 0.3) is 0 Å². The highest BCUT2D eigenvalue weighted by atomic mass is 16.1. The molecule has 0 N–H and O–H groups in total. The first kappa shape index (κ1) is 7.29. The molecule has 0 amide bonds. The van der Waals surface area contributed by atoms with Gasteiger partial charge >= 0.3 is 0 Å². The highest BCUT2D eigenvalue weighted by molar-refractivity contribution is 5.82. The first-order chi connectivity index (χ1) is 5.25. The third-order valence-electron chi connectivity index (χ3n) is 2.97. The SMILES string of the molecule is CN1CC2CCC(=O)C(C2)C1. The predicted octanol–water partition coefficient (Wildman–Crippen LogP) is 0.917. The molecule has 2 heteroatoms. The molecular weight excluding hydrogens is 138 g/mol. The van der Waals surface area contributed by atoms with Crippen LogP contribution in [0.25, 0.3) is 0 Å². The predicted molar refractivity (Wildman–Crippen MR) is 43.3 cm³/mol. The summed E-state index contributed by atoms with van der Waals surface area (Å²) in [5, 5.41) is 0. The minimum Gasteiger partial charge on any atom is -0.305 e. The van der Waals surface area contributed by atoms with Crippen LogP contribution in [-0.4, -0.2) is 30.8 Å². The van der Waals surface area contributed by atoms with Crippen molar-refractivity contribution in [2.24, 2.45) is 11.8 Å². The summed E-state index contributed by atoms with van der Waals surface area (Å²) >= 11 is 0. The standard InChI is InChI=1S/C9H15NO/c1-10-5-7-2-3-9(11)8(4-7)6-10/h7-8H,2-6H2,1H3. The monoisotopic (exact) mass is 153 g/mol. The lowest BCUT2D eigenvalue weighted by Crippen LogP contribution is -2.44. The van der Waals surface area contributed by atoms with Gasteiger partial charge in [-0.25, -0.2) is 0 Å². The lowest BCUT2D eigenvalue weighted by atomic mass is 9.77. The van der Waals surface area contributed by atoms with Crippen LogP contribution in [-0.2, 0) is 4.79 Å². The van der Waals surface area contributed by atoms with Gasteiger partial charge in [-0.3, -0.25) is 4.79 Å². The van der Waals surface area contributed by atoms with Crippen molar-refractivity contribution in [1.29, 1.82) is 0 Å². The van der Waals surface area contributed by atoms with Gasteiger partial charge in [0, 0.05) is 25.4 Å². The summed E-state index contributed by atoms with van der Waals surface area (Å²) in [4.78, 5) is 13.6. The van der Waals surface area contributed by atoms with Gasteiger partial charge in [0.15, 0.2) is 0 Å². The molecule has 2 aliphatic rings. The van der Waals surface area contributed by atoms with Gasteiger partial charge in [-0.1, -0.05) is 0 Å². The summed E-state index contributed by atoms with van der Waals surface area (Å²) in [5.74, 6) is 1.71. The van der Waals surface area contributed by atoms with Crippen LogP contribution in [0.15, 0.2) is 0 Å². The van der Waals surface area contributed by atoms with E-state index in [1.54, 1.807) is 0 Å². The quantitative estimate of drug-likeness (QED) is 0.515. The second-order valence-electron chi connectivity index (χ2n) is 4.02. The fraction of sp³-hybridized carbons (Fsp3) is 0.889. The Bertz CT molecular complexity index is 176. The third-order valence-corrected chi connectivity index (χ3v) is 2.97. The smallest absolute Gasteiger partial charge is 0.137 e. The van der Waals surface area contributed by atoms with E-state index < -0.39 is 0 Å². The molecule has 62 valence electrons. The molecule has 2 nitrogen and oxygen atoms in total. The molecule has 1 heterocycles. The van der Waals surface area contributed by atoms with E-state index in [1.807, 2.05) is 0 Å². The average Bonchev–Trinajstić information content (AvgIpc) is 1.97. The number of piperidine rings is 1. The molecule has 0 aromatic heterocycles. The molecule has 0 radical (unpaired) electrons. The van der Waals surface area contributed by atoms with E-state index in [1.165, 1.54) is 13.0 Å². The van der Waals surface area contributed by atoms with Crippen LogP contribution < -0.4 is 0 Å². The largest absolute Gasteiger partial charge is 0.305 e. The van der Waals surface area contributed by atoms with Crippen molar-refractivity contribution in [3.05, 3.63) is 0 Å². The number of carbonyl (C=O) groups excluding carboxylic acids is 1. The van der Waals surface area contributed by atoms with E-state index in [-0.39, 0.29) is 0 Å². The van der Waals surface area contributed by atoms with Crippen LogP contribution in [0.1, 0.15) is 19.3 Å². The van der Waals surface area contributed by atoms with Gasteiger partial charge in [0.1, 0.15) is 5.78 Å².